The molecule has 2 unspecified atom stereocenters. The van der Waals surface area contributed by atoms with Gasteiger partial charge in [0.1, 0.15) is 8.07 Å². The molecule has 3 aromatic heterocycles. The van der Waals surface area contributed by atoms with Crippen LogP contribution < -0.4 is 10.4 Å². The number of rotatable bonds is 19. The highest BCUT2D eigenvalue weighted by molar-refractivity contribution is 7.19. The summed E-state index contributed by atoms with van der Waals surface area (Å²) in [6.45, 7) is 18.6. The van der Waals surface area contributed by atoms with Gasteiger partial charge in [-0.3, -0.25) is 0 Å². The Morgan fingerprint density at radius 1 is 0.463 bits per heavy atom. The Labute approximate surface area is 411 Å². The second-order valence-corrected chi connectivity index (χ2v) is 26.0. The quantitative estimate of drug-likeness (QED) is 0.0755. The molecule has 2 nitrogen and oxygen atoms in total. The number of hydrogen-bond donors (Lipinski definition) is 0. The highest BCUT2D eigenvalue weighted by Crippen LogP contribution is 2.45. The van der Waals surface area contributed by atoms with E-state index in [9.17, 15) is 0 Å². The lowest BCUT2D eigenvalue weighted by Crippen LogP contribution is -2.57. The summed E-state index contributed by atoms with van der Waals surface area (Å²) in [6, 6.07) is 49.6. The average Bonchev–Trinajstić information content (AvgIpc) is 4.10. The average molecular weight is 935 g/mol. The van der Waals surface area contributed by atoms with Gasteiger partial charge in [0.15, 0.2) is 0 Å². The van der Waals surface area contributed by atoms with Crippen molar-refractivity contribution in [2.45, 2.75) is 132 Å². The molecule has 1 aliphatic rings. The molecule has 9 rings (SSSR count). The lowest BCUT2D eigenvalue weighted by atomic mass is 9.99. The molecule has 1 aliphatic heterocycles. The molecule has 67 heavy (non-hydrogen) atoms. The molecule has 0 bridgehead atoms. The van der Waals surface area contributed by atoms with E-state index >= 15 is 0 Å². The maximum atomic E-state index is 5.74. The summed E-state index contributed by atoms with van der Waals surface area (Å²) in [5.74, 6) is 1.51. The van der Waals surface area contributed by atoms with Gasteiger partial charge in [-0.15, -0.1) is 22.7 Å². The van der Waals surface area contributed by atoms with Crippen molar-refractivity contribution >= 4 is 52.2 Å². The van der Waals surface area contributed by atoms with E-state index in [0.717, 1.165) is 69.4 Å². The van der Waals surface area contributed by atoms with Crippen LogP contribution in [0.4, 0.5) is 0 Å². The summed E-state index contributed by atoms with van der Waals surface area (Å²) in [7, 11) is -2.16. The topological polar surface area (TPSA) is 25.8 Å². The summed E-state index contributed by atoms with van der Waals surface area (Å²) in [5, 5.41) is 3.43. The lowest BCUT2D eigenvalue weighted by Gasteiger charge is -2.37. The van der Waals surface area contributed by atoms with Crippen molar-refractivity contribution < 1.29 is 0 Å². The van der Waals surface area contributed by atoms with Gasteiger partial charge in [0.25, 0.3) is 0 Å². The van der Waals surface area contributed by atoms with Crippen molar-refractivity contribution in [3.63, 3.8) is 0 Å². The van der Waals surface area contributed by atoms with Crippen LogP contribution in [-0.2, 0) is 12.8 Å². The van der Waals surface area contributed by atoms with E-state index in [0.29, 0.717) is 0 Å². The van der Waals surface area contributed by atoms with Crippen LogP contribution >= 0.6 is 22.7 Å². The second-order valence-electron chi connectivity index (χ2n) is 19.6. The monoisotopic (exact) mass is 934 g/mol. The normalized spacial score (nSPS) is 15.2. The van der Waals surface area contributed by atoms with Crippen LogP contribution in [0.1, 0.15) is 114 Å². The van der Waals surface area contributed by atoms with Crippen LogP contribution in [0.25, 0.3) is 76.0 Å². The van der Waals surface area contributed by atoms with E-state index in [2.05, 4.69) is 177 Å². The fourth-order valence-corrected chi connectivity index (χ4v) is 19.7. The van der Waals surface area contributed by atoms with Gasteiger partial charge in [-0.1, -0.05) is 196 Å². The standard InChI is InChI=1S/C62H70N2S2Si/c1-9-15-17-45(13-5)39-67(40-46(14-6)18-16-10-2)57-37-41(7)19-30-50(57)51-31-29-49(38-58(51)67)54-35-36-56(66-54)53-33-32-52(55-34-20-42(8)65-55)61-62(53)64-60(48-27-23-44(12-4)24-28-48)59(63-61)47-25-21-43(11-3)22-26-47/h19-38,45-46H,9-18,39-40H2,1-8H3. The van der Waals surface area contributed by atoms with Gasteiger partial charge in [-0.05, 0) is 113 Å². The first kappa shape index (κ1) is 47.1. The number of aryl methyl sites for hydroxylation is 4. The van der Waals surface area contributed by atoms with Gasteiger partial charge in [0.2, 0.25) is 0 Å². The van der Waals surface area contributed by atoms with E-state index in [1.165, 1.54) is 116 Å². The summed E-state index contributed by atoms with van der Waals surface area (Å²) in [6.07, 6.45) is 12.4. The Morgan fingerprint density at radius 3 is 1.42 bits per heavy atom. The van der Waals surface area contributed by atoms with Crippen LogP contribution in [0.2, 0.25) is 12.1 Å². The molecule has 0 N–H and O–H groups in total. The molecule has 0 saturated heterocycles. The van der Waals surface area contributed by atoms with Crippen molar-refractivity contribution in [2.75, 3.05) is 0 Å². The van der Waals surface area contributed by atoms with Crippen LogP contribution in [0.15, 0.2) is 121 Å². The number of fused-ring (bicyclic) bond motifs is 4. The van der Waals surface area contributed by atoms with Crippen molar-refractivity contribution in [2.24, 2.45) is 11.8 Å². The molecule has 0 amide bonds. The predicted molar refractivity (Wildman–Crippen MR) is 297 cm³/mol. The van der Waals surface area contributed by atoms with E-state index in [1.807, 2.05) is 22.7 Å². The zero-order valence-corrected chi connectivity index (χ0v) is 44.0. The van der Waals surface area contributed by atoms with Crippen LogP contribution in [-0.4, -0.2) is 18.0 Å². The molecule has 2 atom stereocenters. The second kappa shape index (κ2) is 20.7. The number of aromatic nitrogens is 2. The number of unbranched alkanes of at least 4 members (excludes halogenated alkanes) is 2. The molecule has 8 aromatic rings. The summed E-state index contributed by atoms with van der Waals surface area (Å²) in [4.78, 5) is 16.5. The molecule has 5 heteroatoms. The smallest absolute Gasteiger partial charge is 0.120 e. The fraction of sp³-hybridized carbons (Fsp3) is 0.355. The van der Waals surface area contributed by atoms with Crippen molar-refractivity contribution in [1.82, 2.24) is 9.97 Å². The van der Waals surface area contributed by atoms with Crippen LogP contribution in [0.5, 0.6) is 0 Å². The zero-order chi connectivity index (χ0) is 46.7. The third kappa shape index (κ3) is 9.46. The molecule has 0 fully saturated rings. The molecule has 344 valence electrons. The first-order chi connectivity index (χ1) is 32.7. The highest BCUT2D eigenvalue weighted by atomic mass is 32.1. The molecular formula is C62H70N2S2Si. The molecule has 0 aliphatic carbocycles. The Morgan fingerprint density at radius 2 is 0.925 bits per heavy atom. The third-order valence-electron chi connectivity index (χ3n) is 15.1. The maximum Gasteiger partial charge on any atom is 0.120 e. The van der Waals surface area contributed by atoms with Gasteiger partial charge in [0.05, 0.1) is 22.4 Å². The summed E-state index contributed by atoms with van der Waals surface area (Å²) < 4.78 is 0. The third-order valence-corrected chi connectivity index (χ3v) is 22.8. The lowest BCUT2D eigenvalue weighted by molar-refractivity contribution is 0.469. The first-order valence-electron chi connectivity index (χ1n) is 25.7. The molecule has 4 heterocycles. The minimum Gasteiger partial charge on any atom is -0.243 e. The van der Waals surface area contributed by atoms with Crippen molar-refractivity contribution in [3.8, 4) is 65.0 Å². The van der Waals surface area contributed by atoms with E-state index in [1.54, 1.807) is 10.4 Å². The van der Waals surface area contributed by atoms with Crippen molar-refractivity contribution in [3.05, 3.63) is 143 Å². The maximum absolute atomic E-state index is 5.74. The minimum absolute atomic E-state index is 0.757. The Hall–Kier alpha value is -4.94. The molecule has 0 saturated carbocycles. The summed E-state index contributed by atoms with van der Waals surface area (Å²) >= 11 is 3.74. The van der Waals surface area contributed by atoms with E-state index < -0.39 is 8.07 Å². The largest absolute Gasteiger partial charge is 0.243 e. The first-order valence-corrected chi connectivity index (χ1v) is 29.7. The molecule has 5 aromatic carbocycles. The number of benzene rings is 5. The van der Waals surface area contributed by atoms with Crippen molar-refractivity contribution in [1.29, 1.82) is 0 Å². The zero-order valence-electron chi connectivity index (χ0n) is 41.4. The van der Waals surface area contributed by atoms with Gasteiger partial charge < -0.3 is 0 Å². The Kier molecular flexibility index (Phi) is 14.6. The molecule has 0 radical (unpaired) electrons. The van der Waals surface area contributed by atoms with E-state index in [4.69, 9.17) is 9.97 Å². The summed E-state index contributed by atoms with van der Waals surface area (Å²) in [5.41, 5.74) is 16.7. The minimum atomic E-state index is -2.16. The van der Waals surface area contributed by atoms with Gasteiger partial charge in [0, 0.05) is 41.8 Å². The SMILES string of the molecule is CCCCC(CC)C[Si]1(CC(CC)CCCC)c2cc(C)ccc2-c2ccc(-c3ccc(-c4ccc(-c5ccc(C)s5)c5nc(-c6ccc(CC)cc6)c(-c6ccc(CC)cc6)nc45)s3)cc21. The highest BCUT2D eigenvalue weighted by Gasteiger charge is 2.47. The number of hydrogen-bond acceptors (Lipinski definition) is 4. The predicted octanol–water partition coefficient (Wildman–Crippen LogP) is 17.8. The number of nitrogens with zero attached hydrogens (tertiary/aromatic N) is 2. The van der Waals surface area contributed by atoms with Gasteiger partial charge in [-0.2, -0.15) is 0 Å². The Balaban J connectivity index is 1.21. The van der Waals surface area contributed by atoms with Crippen LogP contribution in [0, 0.1) is 25.7 Å². The molecule has 0 spiro atoms. The Bertz CT molecular complexity index is 2950. The van der Waals surface area contributed by atoms with E-state index in [-0.39, 0.29) is 0 Å². The van der Waals surface area contributed by atoms with Gasteiger partial charge in [-0.25, -0.2) is 9.97 Å². The molecular weight excluding hydrogens is 865 g/mol. The number of thiophene rings is 2. The fourth-order valence-electron chi connectivity index (χ4n) is 11.1. The van der Waals surface area contributed by atoms with Gasteiger partial charge >= 0.3 is 0 Å². The van der Waals surface area contributed by atoms with Crippen LogP contribution in [0.3, 0.4) is 0 Å².